The number of fused-ring (bicyclic) bond motifs is 1. The SMILES string of the molecule is C#C/C=C(/CC1C=CCC(C)N(Cc2nc3ncc(C(C)=O)cc3[nH]2)CC1)N=C(C)COc1ccc(F)cc1F. The van der Waals surface area contributed by atoms with Crippen LogP contribution >= 0.6 is 0 Å². The van der Waals surface area contributed by atoms with Crippen molar-refractivity contribution in [1.82, 2.24) is 19.9 Å². The maximum Gasteiger partial charge on any atom is 0.177 e. The summed E-state index contributed by atoms with van der Waals surface area (Å²) in [6.07, 6.45) is 15.6. The molecule has 3 heterocycles. The Bertz CT molecular complexity index is 1500. The van der Waals surface area contributed by atoms with Crippen LogP contribution in [0, 0.1) is 29.9 Å². The molecule has 3 aromatic rings. The number of aromatic amines is 1. The van der Waals surface area contributed by atoms with Crippen molar-refractivity contribution in [1.29, 1.82) is 0 Å². The number of nitrogens with zero attached hydrogens (tertiary/aromatic N) is 4. The monoisotopic (exact) mass is 545 g/mol. The summed E-state index contributed by atoms with van der Waals surface area (Å²) in [5, 5.41) is 0. The Morgan fingerprint density at radius 2 is 2.15 bits per heavy atom. The number of ether oxygens (including phenoxy) is 1. The molecular formula is C31H33F2N5O2. The van der Waals surface area contributed by atoms with E-state index in [4.69, 9.17) is 11.2 Å². The van der Waals surface area contributed by atoms with E-state index in [0.717, 1.165) is 48.6 Å². The number of benzene rings is 1. The van der Waals surface area contributed by atoms with Gasteiger partial charge in [-0.2, -0.15) is 0 Å². The maximum absolute atomic E-state index is 13.9. The number of halogens is 2. The molecule has 2 atom stereocenters. The first-order valence-electron chi connectivity index (χ1n) is 13.2. The van der Waals surface area contributed by atoms with Gasteiger partial charge in [-0.25, -0.2) is 18.7 Å². The minimum atomic E-state index is -0.759. The molecule has 1 N–H and O–H groups in total. The molecule has 0 radical (unpaired) electrons. The summed E-state index contributed by atoms with van der Waals surface area (Å²) >= 11 is 0. The lowest BCUT2D eigenvalue weighted by Crippen LogP contribution is -2.35. The molecule has 9 heteroatoms. The smallest absolute Gasteiger partial charge is 0.177 e. The van der Waals surface area contributed by atoms with Gasteiger partial charge in [-0.15, -0.1) is 6.42 Å². The van der Waals surface area contributed by atoms with Gasteiger partial charge in [-0.3, -0.25) is 14.7 Å². The number of nitrogens with one attached hydrogen (secondary N) is 1. The van der Waals surface area contributed by atoms with Crippen LogP contribution in [0.1, 0.15) is 56.2 Å². The number of aromatic nitrogens is 3. The highest BCUT2D eigenvalue weighted by molar-refractivity contribution is 5.96. The zero-order chi connectivity index (χ0) is 28.6. The molecule has 0 bridgehead atoms. The molecule has 0 saturated heterocycles. The molecule has 0 fully saturated rings. The van der Waals surface area contributed by atoms with Gasteiger partial charge in [0.15, 0.2) is 23.0 Å². The van der Waals surface area contributed by atoms with E-state index in [1.807, 2.05) is 0 Å². The molecule has 0 spiro atoms. The predicted octanol–water partition coefficient (Wildman–Crippen LogP) is 6.04. The van der Waals surface area contributed by atoms with Gasteiger partial charge in [0.2, 0.25) is 0 Å². The normalized spacial score (nSPS) is 18.8. The lowest BCUT2D eigenvalue weighted by atomic mass is 9.95. The number of imidazole rings is 1. The topological polar surface area (TPSA) is 83.5 Å². The average molecular weight is 546 g/mol. The fraction of sp³-hybridized carbons (Fsp3) is 0.355. The largest absolute Gasteiger partial charge is 0.485 e. The number of H-pyrrole nitrogens is 1. The van der Waals surface area contributed by atoms with Crippen molar-refractivity contribution in [3.8, 4) is 18.1 Å². The molecule has 0 aliphatic carbocycles. The van der Waals surface area contributed by atoms with Gasteiger partial charge in [0, 0.05) is 35.6 Å². The molecule has 208 valence electrons. The van der Waals surface area contributed by atoms with E-state index < -0.39 is 11.6 Å². The van der Waals surface area contributed by atoms with E-state index in [1.54, 1.807) is 25.3 Å². The Hall–Kier alpha value is -4.16. The molecule has 0 saturated carbocycles. The van der Waals surface area contributed by atoms with Crippen molar-refractivity contribution in [2.75, 3.05) is 13.2 Å². The number of rotatable bonds is 9. The van der Waals surface area contributed by atoms with Gasteiger partial charge >= 0.3 is 0 Å². The first-order chi connectivity index (χ1) is 19.2. The fourth-order valence-corrected chi connectivity index (χ4v) is 4.63. The Morgan fingerprint density at radius 3 is 2.90 bits per heavy atom. The Labute approximate surface area is 233 Å². The average Bonchev–Trinajstić information content (AvgIpc) is 3.31. The van der Waals surface area contributed by atoms with Gasteiger partial charge in [-0.1, -0.05) is 18.1 Å². The molecule has 4 rings (SSSR count). The zero-order valence-corrected chi connectivity index (χ0v) is 23.0. The van der Waals surface area contributed by atoms with Crippen LogP contribution in [0.4, 0.5) is 8.78 Å². The van der Waals surface area contributed by atoms with Crippen LogP contribution in [0.15, 0.2) is 59.4 Å². The van der Waals surface area contributed by atoms with Gasteiger partial charge in [0.1, 0.15) is 18.2 Å². The van der Waals surface area contributed by atoms with Crippen molar-refractivity contribution in [3.05, 3.63) is 77.4 Å². The van der Waals surface area contributed by atoms with Crippen LogP contribution in [-0.2, 0) is 6.54 Å². The van der Waals surface area contributed by atoms with Crippen molar-refractivity contribution in [3.63, 3.8) is 0 Å². The minimum absolute atomic E-state index is 0.0323. The van der Waals surface area contributed by atoms with Crippen molar-refractivity contribution in [2.24, 2.45) is 10.9 Å². The lowest BCUT2D eigenvalue weighted by molar-refractivity contribution is 0.101. The quantitative estimate of drug-likeness (QED) is 0.153. The second-order valence-electron chi connectivity index (χ2n) is 10.1. The van der Waals surface area contributed by atoms with E-state index in [0.29, 0.717) is 35.9 Å². The van der Waals surface area contributed by atoms with Crippen molar-refractivity contribution >= 4 is 22.7 Å². The van der Waals surface area contributed by atoms with E-state index in [-0.39, 0.29) is 24.1 Å². The lowest BCUT2D eigenvalue weighted by Gasteiger charge is -2.30. The zero-order valence-electron chi connectivity index (χ0n) is 23.0. The van der Waals surface area contributed by atoms with Crippen LogP contribution in [0.25, 0.3) is 11.2 Å². The molecular weight excluding hydrogens is 512 g/mol. The van der Waals surface area contributed by atoms with Gasteiger partial charge in [0.25, 0.3) is 0 Å². The number of Topliss-reactive ketones (excluding diaryl/α,β-unsaturated/α-hetero) is 1. The number of hydrogen-bond acceptors (Lipinski definition) is 6. The number of carbonyl (C=O) groups excluding carboxylic acids is 1. The predicted molar refractivity (Wildman–Crippen MR) is 152 cm³/mol. The first kappa shape index (κ1) is 28.8. The van der Waals surface area contributed by atoms with Gasteiger partial charge < -0.3 is 9.72 Å². The Balaban J connectivity index is 1.39. The van der Waals surface area contributed by atoms with Crippen molar-refractivity contribution < 1.29 is 18.3 Å². The van der Waals surface area contributed by atoms with Crippen LogP contribution in [-0.4, -0.2) is 50.5 Å². The summed E-state index contributed by atoms with van der Waals surface area (Å²) in [7, 11) is 0. The molecule has 1 aliphatic heterocycles. The molecule has 2 aromatic heterocycles. The first-order valence-corrected chi connectivity index (χ1v) is 13.2. The summed E-state index contributed by atoms with van der Waals surface area (Å²) in [6.45, 7) is 7.03. The van der Waals surface area contributed by atoms with Crippen LogP contribution in [0.2, 0.25) is 0 Å². The van der Waals surface area contributed by atoms with E-state index in [1.165, 1.54) is 13.0 Å². The molecule has 1 aliphatic rings. The van der Waals surface area contributed by atoms with E-state index >= 15 is 0 Å². The minimum Gasteiger partial charge on any atom is -0.485 e. The Kier molecular flexibility index (Phi) is 9.56. The fourth-order valence-electron chi connectivity index (χ4n) is 4.63. The van der Waals surface area contributed by atoms with Crippen LogP contribution in [0.3, 0.4) is 0 Å². The summed E-state index contributed by atoms with van der Waals surface area (Å²) in [5.41, 5.74) is 3.27. The summed E-state index contributed by atoms with van der Waals surface area (Å²) in [6, 6.07) is 5.30. The summed E-state index contributed by atoms with van der Waals surface area (Å²) < 4.78 is 32.5. The molecule has 1 aromatic carbocycles. The number of carbonyl (C=O) groups is 1. The van der Waals surface area contributed by atoms with Crippen molar-refractivity contribution in [2.45, 2.75) is 52.6 Å². The number of pyridine rings is 1. The molecule has 7 nitrogen and oxygen atoms in total. The highest BCUT2D eigenvalue weighted by Crippen LogP contribution is 2.24. The highest BCUT2D eigenvalue weighted by atomic mass is 19.1. The maximum atomic E-state index is 13.9. The number of hydrogen-bond donors (Lipinski definition) is 1. The number of ketones is 1. The number of aliphatic imine (C=N–C) groups is 1. The second kappa shape index (κ2) is 13.3. The number of terminal acetylenes is 1. The summed E-state index contributed by atoms with van der Waals surface area (Å²) in [4.78, 5) is 31.0. The van der Waals surface area contributed by atoms with Gasteiger partial charge in [0.05, 0.1) is 17.8 Å². The molecule has 0 amide bonds. The standard InChI is InChI=1S/C31H33F2N5O2/c1-5-7-26(35-20(2)19-40-29-11-10-25(32)16-27(29)33)14-23-9-6-8-21(3)38(13-12-23)18-30-36-28-15-24(22(4)39)17-34-31(28)37-30/h1,6-7,9-11,15-17,21,23H,8,12-14,18-19H2,2-4H3,(H,34,36,37)/b9-6?,26-7-,35-20?. The van der Waals surface area contributed by atoms with E-state index in [9.17, 15) is 13.6 Å². The van der Waals surface area contributed by atoms with Crippen LogP contribution < -0.4 is 4.74 Å². The van der Waals surface area contributed by atoms with E-state index in [2.05, 4.69) is 49.8 Å². The summed E-state index contributed by atoms with van der Waals surface area (Å²) in [5.74, 6) is 2.11. The second-order valence-corrected chi connectivity index (χ2v) is 10.1. The molecule has 40 heavy (non-hydrogen) atoms. The Morgan fingerprint density at radius 1 is 1.32 bits per heavy atom. The third kappa shape index (κ3) is 7.70. The molecule has 2 unspecified atom stereocenters. The van der Waals surface area contributed by atoms with Gasteiger partial charge in [-0.05, 0) is 70.7 Å². The third-order valence-corrected chi connectivity index (χ3v) is 6.83. The highest BCUT2D eigenvalue weighted by Gasteiger charge is 2.20. The van der Waals surface area contributed by atoms with Crippen LogP contribution in [0.5, 0.6) is 5.75 Å². The number of allylic oxidation sites excluding steroid dienone is 3. The third-order valence-electron chi connectivity index (χ3n) is 6.83.